The minimum Gasteiger partial charge on any atom is -0.497 e. The number of halogens is 1. The maximum Gasteiger partial charge on any atom is 0.141 e. The van der Waals surface area contributed by atoms with Crippen molar-refractivity contribution in [2.24, 2.45) is 0 Å². The van der Waals surface area contributed by atoms with Crippen LogP contribution in [0.3, 0.4) is 0 Å². The van der Waals surface area contributed by atoms with E-state index in [4.69, 9.17) is 9.72 Å². The Balaban J connectivity index is 1.85. The molecule has 1 aromatic heterocycles. The molecule has 124 valence electrons. The van der Waals surface area contributed by atoms with Crippen molar-refractivity contribution in [1.82, 2.24) is 9.55 Å². The maximum atomic E-state index is 5.27. The number of ether oxygens (including phenoxy) is 1. The first-order valence-corrected chi connectivity index (χ1v) is 8.88. The summed E-state index contributed by atoms with van der Waals surface area (Å²) in [6.45, 7) is 0.765. The summed E-state index contributed by atoms with van der Waals surface area (Å²) in [5, 5.41) is 0. The summed E-state index contributed by atoms with van der Waals surface area (Å²) in [5.74, 6) is 1.81. The van der Waals surface area contributed by atoms with Crippen LogP contribution in [-0.4, -0.2) is 16.7 Å². The van der Waals surface area contributed by atoms with E-state index in [2.05, 4.69) is 69.0 Å². The van der Waals surface area contributed by atoms with Gasteiger partial charge in [0, 0.05) is 16.6 Å². The lowest BCUT2D eigenvalue weighted by molar-refractivity contribution is 0.415. The summed E-state index contributed by atoms with van der Waals surface area (Å²) < 4.78 is 8.62. The first kappa shape index (κ1) is 15.9. The third-order valence-electron chi connectivity index (χ3n) is 4.23. The quantitative estimate of drug-likeness (QED) is 0.456. The average molecular weight is 393 g/mol. The second kappa shape index (κ2) is 6.73. The minimum atomic E-state index is 0.765. The molecule has 0 fully saturated rings. The van der Waals surface area contributed by atoms with E-state index >= 15 is 0 Å². The minimum absolute atomic E-state index is 0.765. The van der Waals surface area contributed by atoms with Crippen molar-refractivity contribution in [3.8, 4) is 17.1 Å². The van der Waals surface area contributed by atoms with Gasteiger partial charge in [-0.1, -0.05) is 40.2 Å². The fourth-order valence-corrected chi connectivity index (χ4v) is 3.46. The molecule has 0 radical (unpaired) electrons. The van der Waals surface area contributed by atoms with Crippen molar-refractivity contribution in [3.05, 3.63) is 82.8 Å². The molecule has 4 rings (SSSR count). The number of imidazole rings is 1. The lowest BCUT2D eigenvalue weighted by Crippen LogP contribution is -2.02. The van der Waals surface area contributed by atoms with Gasteiger partial charge in [-0.05, 0) is 54.1 Å². The average Bonchev–Trinajstić information content (AvgIpc) is 3.00. The van der Waals surface area contributed by atoms with Crippen LogP contribution in [0.5, 0.6) is 5.75 Å². The fourth-order valence-electron chi connectivity index (χ4n) is 3.01. The highest BCUT2D eigenvalue weighted by molar-refractivity contribution is 9.10. The number of hydrogen-bond donors (Lipinski definition) is 0. The summed E-state index contributed by atoms with van der Waals surface area (Å²) in [4.78, 5) is 4.87. The Morgan fingerprint density at radius 3 is 2.52 bits per heavy atom. The molecule has 1 heterocycles. The van der Waals surface area contributed by atoms with Crippen molar-refractivity contribution in [1.29, 1.82) is 0 Å². The zero-order valence-electron chi connectivity index (χ0n) is 13.8. The molecular formula is C21H17BrN2O. The van der Waals surface area contributed by atoms with Crippen molar-refractivity contribution in [2.75, 3.05) is 7.11 Å². The summed E-state index contributed by atoms with van der Waals surface area (Å²) in [6.07, 6.45) is 0. The van der Waals surface area contributed by atoms with Gasteiger partial charge in [0.25, 0.3) is 0 Å². The molecule has 4 heteroatoms. The largest absolute Gasteiger partial charge is 0.497 e. The first-order chi connectivity index (χ1) is 12.2. The fraction of sp³-hybridized carbons (Fsp3) is 0.0952. The van der Waals surface area contributed by atoms with Crippen LogP contribution in [0.15, 0.2) is 77.3 Å². The Morgan fingerprint density at radius 2 is 1.76 bits per heavy atom. The number of nitrogens with zero attached hydrogens (tertiary/aromatic N) is 2. The van der Waals surface area contributed by atoms with Crippen LogP contribution in [0.2, 0.25) is 0 Å². The lowest BCUT2D eigenvalue weighted by Gasteiger charge is -2.10. The highest BCUT2D eigenvalue weighted by Crippen LogP contribution is 2.27. The Bertz CT molecular complexity index is 1020. The third kappa shape index (κ3) is 3.17. The number of aromatic nitrogens is 2. The van der Waals surface area contributed by atoms with E-state index in [-0.39, 0.29) is 0 Å². The van der Waals surface area contributed by atoms with E-state index in [9.17, 15) is 0 Å². The molecule has 0 saturated carbocycles. The monoisotopic (exact) mass is 392 g/mol. The predicted molar refractivity (Wildman–Crippen MR) is 105 cm³/mol. The second-order valence-electron chi connectivity index (χ2n) is 5.87. The molecule has 0 aliphatic heterocycles. The SMILES string of the molecule is COc1ccc(-c2nc3ccccc3n2Cc2cccc(Br)c2)cc1. The van der Waals surface area contributed by atoms with Gasteiger partial charge in [-0.25, -0.2) is 4.98 Å². The van der Waals surface area contributed by atoms with Crippen molar-refractivity contribution in [2.45, 2.75) is 6.54 Å². The lowest BCUT2D eigenvalue weighted by atomic mass is 10.2. The molecule has 0 aliphatic carbocycles. The molecule has 4 aromatic rings. The number of methoxy groups -OCH3 is 1. The van der Waals surface area contributed by atoms with Crippen molar-refractivity contribution in [3.63, 3.8) is 0 Å². The molecule has 0 aliphatic rings. The summed E-state index contributed by atoms with van der Waals surface area (Å²) in [7, 11) is 1.68. The van der Waals surface area contributed by atoms with Gasteiger partial charge < -0.3 is 9.30 Å². The van der Waals surface area contributed by atoms with Crippen LogP contribution in [0.25, 0.3) is 22.4 Å². The molecule has 0 bridgehead atoms. The zero-order valence-corrected chi connectivity index (χ0v) is 15.4. The van der Waals surface area contributed by atoms with E-state index in [1.165, 1.54) is 5.56 Å². The summed E-state index contributed by atoms with van der Waals surface area (Å²) in [6, 6.07) is 24.7. The van der Waals surface area contributed by atoms with Crippen LogP contribution in [0, 0.1) is 0 Å². The molecule has 25 heavy (non-hydrogen) atoms. The van der Waals surface area contributed by atoms with E-state index in [0.29, 0.717) is 0 Å². The highest BCUT2D eigenvalue weighted by atomic mass is 79.9. The Labute approximate surface area is 155 Å². The highest BCUT2D eigenvalue weighted by Gasteiger charge is 2.13. The molecular weight excluding hydrogens is 376 g/mol. The molecule has 3 aromatic carbocycles. The van der Waals surface area contributed by atoms with Crippen molar-refractivity contribution >= 4 is 27.0 Å². The molecule has 3 nitrogen and oxygen atoms in total. The van der Waals surface area contributed by atoms with E-state index in [0.717, 1.165) is 39.2 Å². The van der Waals surface area contributed by atoms with Gasteiger partial charge in [-0.3, -0.25) is 0 Å². The van der Waals surface area contributed by atoms with E-state index < -0.39 is 0 Å². The molecule has 0 spiro atoms. The first-order valence-electron chi connectivity index (χ1n) is 8.09. The smallest absolute Gasteiger partial charge is 0.141 e. The van der Waals surface area contributed by atoms with Gasteiger partial charge in [0.05, 0.1) is 18.1 Å². The topological polar surface area (TPSA) is 27.1 Å². The van der Waals surface area contributed by atoms with E-state index in [1.54, 1.807) is 7.11 Å². The van der Waals surface area contributed by atoms with Gasteiger partial charge in [-0.15, -0.1) is 0 Å². The standard InChI is InChI=1S/C21H17BrN2O/c1-25-18-11-9-16(10-12-18)21-23-19-7-2-3-8-20(19)24(21)14-15-5-4-6-17(22)13-15/h2-13H,14H2,1H3. The normalized spacial score (nSPS) is 11.0. The van der Waals surface area contributed by atoms with Crippen LogP contribution >= 0.6 is 15.9 Å². The van der Waals surface area contributed by atoms with Gasteiger partial charge in [-0.2, -0.15) is 0 Å². The number of rotatable bonds is 4. The molecule has 0 N–H and O–H groups in total. The molecule has 0 atom stereocenters. The van der Waals surface area contributed by atoms with Gasteiger partial charge >= 0.3 is 0 Å². The van der Waals surface area contributed by atoms with Crippen LogP contribution in [-0.2, 0) is 6.54 Å². The van der Waals surface area contributed by atoms with Gasteiger partial charge in [0.1, 0.15) is 11.6 Å². The molecule has 0 amide bonds. The van der Waals surface area contributed by atoms with Gasteiger partial charge in [0.2, 0.25) is 0 Å². The predicted octanol–water partition coefficient (Wildman–Crippen LogP) is 5.52. The molecule has 0 saturated heterocycles. The maximum absolute atomic E-state index is 5.27. The van der Waals surface area contributed by atoms with Gasteiger partial charge in [0.15, 0.2) is 0 Å². The zero-order chi connectivity index (χ0) is 17.2. The van der Waals surface area contributed by atoms with Crippen molar-refractivity contribution < 1.29 is 4.74 Å². The third-order valence-corrected chi connectivity index (χ3v) is 4.73. The summed E-state index contributed by atoms with van der Waals surface area (Å²) >= 11 is 3.56. The van der Waals surface area contributed by atoms with Crippen LogP contribution in [0.1, 0.15) is 5.56 Å². The second-order valence-corrected chi connectivity index (χ2v) is 6.78. The Hall–Kier alpha value is -2.59. The summed E-state index contributed by atoms with van der Waals surface area (Å²) in [5.41, 5.74) is 4.44. The number of para-hydroxylation sites is 2. The number of hydrogen-bond acceptors (Lipinski definition) is 2. The molecule has 0 unspecified atom stereocenters. The number of fused-ring (bicyclic) bond motifs is 1. The number of benzene rings is 3. The van der Waals surface area contributed by atoms with E-state index in [1.807, 2.05) is 24.3 Å². The Morgan fingerprint density at radius 1 is 0.960 bits per heavy atom. The van der Waals surface area contributed by atoms with Crippen LogP contribution in [0.4, 0.5) is 0 Å². The van der Waals surface area contributed by atoms with Crippen LogP contribution < -0.4 is 4.74 Å². The Kier molecular flexibility index (Phi) is 4.28.